The van der Waals surface area contributed by atoms with E-state index >= 15 is 0 Å². The molecule has 110 valence electrons. The van der Waals surface area contributed by atoms with Gasteiger partial charge in [0, 0.05) is 10.9 Å². The Morgan fingerprint density at radius 1 is 0.905 bits per heavy atom. The fourth-order valence-electron chi connectivity index (χ4n) is 1.86. The van der Waals surface area contributed by atoms with E-state index in [0.29, 0.717) is 12.5 Å². The SMILES string of the molecule is ClCCCCOc1ccc(/C=C/c2cccc(Cl)c2)cc1. The summed E-state index contributed by atoms with van der Waals surface area (Å²) in [5.41, 5.74) is 2.21. The molecule has 2 aromatic carbocycles. The molecular weight excluding hydrogens is 303 g/mol. The molecule has 0 saturated carbocycles. The van der Waals surface area contributed by atoms with E-state index in [0.717, 1.165) is 34.7 Å². The van der Waals surface area contributed by atoms with Crippen LogP contribution in [0.2, 0.25) is 5.02 Å². The van der Waals surface area contributed by atoms with Gasteiger partial charge in [-0.25, -0.2) is 0 Å². The fourth-order valence-corrected chi connectivity index (χ4v) is 2.25. The van der Waals surface area contributed by atoms with Crippen LogP contribution in [0.25, 0.3) is 12.2 Å². The van der Waals surface area contributed by atoms with Crippen LogP contribution in [0.15, 0.2) is 48.5 Å². The van der Waals surface area contributed by atoms with E-state index in [1.807, 2.05) is 54.6 Å². The maximum absolute atomic E-state index is 5.96. The highest BCUT2D eigenvalue weighted by Crippen LogP contribution is 2.16. The van der Waals surface area contributed by atoms with Gasteiger partial charge in [-0.2, -0.15) is 0 Å². The molecule has 0 heterocycles. The number of benzene rings is 2. The Balaban J connectivity index is 1.90. The zero-order chi connectivity index (χ0) is 14.9. The minimum absolute atomic E-state index is 0.691. The molecule has 0 aliphatic heterocycles. The molecule has 0 radical (unpaired) electrons. The second-order valence-electron chi connectivity index (χ2n) is 4.70. The summed E-state index contributed by atoms with van der Waals surface area (Å²) in [6, 6.07) is 15.8. The molecule has 2 aromatic rings. The third kappa shape index (κ3) is 5.82. The zero-order valence-electron chi connectivity index (χ0n) is 11.8. The molecule has 0 aliphatic carbocycles. The molecular formula is C18H18Cl2O. The Labute approximate surface area is 136 Å². The van der Waals surface area contributed by atoms with Gasteiger partial charge in [0.15, 0.2) is 0 Å². The number of hydrogen-bond donors (Lipinski definition) is 0. The second-order valence-corrected chi connectivity index (χ2v) is 5.52. The lowest BCUT2D eigenvalue weighted by atomic mass is 10.1. The van der Waals surface area contributed by atoms with Crippen molar-refractivity contribution in [1.82, 2.24) is 0 Å². The Morgan fingerprint density at radius 3 is 2.38 bits per heavy atom. The molecule has 0 bridgehead atoms. The topological polar surface area (TPSA) is 9.23 Å². The van der Waals surface area contributed by atoms with Gasteiger partial charge in [-0.3, -0.25) is 0 Å². The number of halogens is 2. The highest BCUT2D eigenvalue weighted by Gasteiger charge is 1.94. The molecule has 2 rings (SSSR count). The van der Waals surface area contributed by atoms with E-state index < -0.39 is 0 Å². The molecule has 0 spiro atoms. The average molecular weight is 321 g/mol. The van der Waals surface area contributed by atoms with E-state index in [2.05, 4.69) is 6.08 Å². The molecule has 21 heavy (non-hydrogen) atoms. The first-order chi connectivity index (χ1) is 10.3. The van der Waals surface area contributed by atoms with Crippen molar-refractivity contribution in [3.8, 4) is 5.75 Å². The first-order valence-electron chi connectivity index (χ1n) is 7.00. The fraction of sp³-hybridized carbons (Fsp3) is 0.222. The van der Waals surface area contributed by atoms with Crippen LogP contribution in [0.1, 0.15) is 24.0 Å². The first kappa shape index (κ1) is 15.9. The van der Waals surface area contributed by atoms with Gasteiger partial charge in [0.05, 0.1) is 6.61 Å². The van der Waals surface area contributed by atoms with Crippen molar-refractivity contribution < 1.29 is 4.74 Å². The highest BCUT2D eigenvalue weighted by atomic mass is 35.5. The van der Waals surface area contributed by atoms with Crippen LogP contribution in [0.4, 0.5) is 0 Å². The smallest absolute Gasteiger partial charge is 0.119 e. The molecule has 0 aliphatic rings. The number of alkyl halides is 1. The summed E-state index contributed by atoms with van der Waals surface area (Å²) >= 11 is 11.6. The summed E-state index contributed by atoms with van der Waals surface area (Å²) in [4.78, 5) is 0. The standard InChI is InChI=1S/C18H18Cl2O/c19-12-1-2-13-21-18-10-8-15(9-11-18)6-7-16-4-3-5-17(20)14-16/h3-11,14H,1-2,12-13H2/b7-6+. The lowest BCUT2D eigenvalue weighted by Gasteiger charge is -2.05. The van der Waals surface area contributed by atoms with E-state index in [4.69, 9.17) is 27.9 Å². The van der Waals surface area contributed by atoms with Crippen LogP contribution in [0.5, 0.6) is 5.75 Å². The summed E-state index contributed by atoms with van der Waals surface area (Å²) in [6.07, 6.45) is 6.08. The summed E-state index contributed by atoms with van der Waals surface area (Å²) in [5.74, 6) is 1.58. The number of ether oxygens (including phenoxy) is 1. The third-order valence-corrected chi connectivity index (χ3v) is 3.50. The van der Waals surface area contributed by atoms with E-state index in [9.17, 15) is 0 Å². The molecule has 0 aromatic heterocycles. The van der Waals surface area contributed by atoms with Gasteiger partial charge in [0.2, 0.25) is 0 Å². The Kier molecular flexibility index (Phi) is 6.65. The molecule has 0 atom stereocenters. The summed E-state index contributed by atoms with van der Waals surface area (Å²) in [6.45, 7) is 0.713. The van der Waals surface area contributed by atoms with Crippen molar-refractivity contribution >= 4 is 35.4 Å². The van der Waals surface area contributed by atoms with Gasteiger partial charge in [-0.05, 0) is 48.2 Å². The van der Waals surface area contributed by atoms with Crippen LogP contribution >= 0.6 is 23.2 Å². The number of unbranched alkanes of at least 4 members (excludes halogenated alkanes) is 1. The predicted octanol–water partition coefficient (Wildman–Crippen LogP) is 5.91. The monoisotopic (exact) mass is 320 g/mol. The minimum Gasteiger partial charge on any atom is -0.494 e. The maximum atomic E-state index is 5.96. The van der Waals surface area contributed by atoms with Crippen LogP contribution in [0.3, 0.4) is 0 Å². The molecule has 1 nitrogen and oxygen atoms in total. The van der Waals surface area contributed by atoms with Crippen LogP contribution < -0.4 is 4.74 Å². The lowest BCUT2D eigenvalue weighted by molar-refractivity contribution is 0.309. The first-order valence-corrected chi connectivity index (χ1v) is 7.91. The maximum Gasteiger partial charge on any atom is 0.119 e. The van der Waals surface area contributed by atoms with Crippen molar-refractivity contribution in [2.45, 2.75) is 12.8 Å². The van der Waals surface area contributed by atoms with Crippen LogP contribution in [-0.4, -0.2) is 12.5 Å². The molecule has 3 heteroatoms. The summed E-state index contributed by atoms with van der Waals surface area (Å²) in [7, 11) is 0. The molecule has 0 fully saturated rings. The van der Waals surface area contributed by atoms with Gasteiger partial charge in [0.1, 0.15) is 5.75 Å². The quantitative estimate of drug-likeness (QED) is 0.350. The van der Waals surface area contributed by atoms with Crippen molar-refractivity contribution in [1.29, 1.82) is 0 Å². The summed E-state index contributed by atoms with van der Waals surface area (Å²) in [5, 5.41) is 0.748. The highest BCUT2D eigenvalue weighted by molar-refractivity contribution is 6.30. The molecule has 0 saturated heterocycles. The van der Waals surface area contributed by atoms with E-state index in [1.165, 1.54) is 0 Å². The van der Waals surface area contributed by atoms with Gasteiger partial charge >= 0.3 is 0 Å². The predicted molar refractivity (Wildman–Crippen MR) is 92.3 cm³/mol. The Hall–Kier alpha value is -1.44. The Bertz CT molecular complexity index is 576. The normalized spacial score (nSPS) is 11.0. The molecule has 0 N–H and O–H groups in total. The second kappa shape index (κ2) is 8.76. The van der Waals surface area contributed by atoms with Crippen molar-refractivity contribution in [2.75, 3.05) is 12.5 Å². The zero-order valence-corrected chi connectivity index (χ0v) is 13.3. The summed E-state index contributed by atoms with van der Waals surface area (Å²) < 4.78 is 5.64. The third-order valence-electron chi connectivity index (χ3n) is 2.99. The largest absolute Gasteiger partial charge is 0.494 e. The van der Waals surface area contributed by atoms with Gasteiger partial charge in [-0.15, -0.1) is 11.6 Å². The number of hydrogen-bond acceptors (Lipinski definition) is 1. The van der Waals surface area contributed by atoms with E-state index in [-0.39, 0.29) is 0 Å². The Morgan fingerprint density at radius 2 is 1.67 bits per heavy atom. The van der Waals surface area contributed by atoms with Crippen molar-refractivity contribution in [3.63, 3.8) is 0 Å². The van der Waals surface area contributed by atoms with Gasteiger partial charge in [-0.1, -0.05) is 48.0 Å². The van der Waals surface area contributed by atoms with Crippen molar-refractivity contribution in [3.05, 3.63) is 64.7 Å². The average Bonchev–Trinajstić information content (AvgIpc) is 2.51. The molecule has 0 amide bonds. The lowest BCUT2D eigenvalue weighted by Crippen LogP contribution is -1.97. The minimum atomic E-state index is 0.691. The van der Waals surface area contributed by atoms with E-state index in [1.54, 1.807) is 0 Å². The van der Waals surface area contributed by atoms with Crippen LogP contribution in [0, 0.1) is 0 Å². The van der Waals surface area contributed by atoms with Gasteiger partial charge in [0.25, 0.3) is 0 Å². The van der Waals surface area contributed by atoms with Gasteiger partial charge < -0.3 is 4.74 Å². The molecule has 0 unspecified atom stereocenters. The number of rotatable bonds is 7. The van der Waals surface area contributed by atoms with Crippen molar-refractivity contribution in [2.24, 2.45) is 0 Å². The van der Waals surface area contributed by atoms with Crippen LogP contribution in [-0.2, 0) is 0 Å².